The first-order chi connectivity index (χ1) is 9.72. The molecular formula is C16H16O4. The Labute approximate surface area is 117 Å². The lowest BCUT2D eigenvalue weighted by Crippen LogP contribution is -2.11. The van der Waals surface area contributed by atoms with Gasteiger partial charge in [0.15, 0.2) is 6.29 Å². The fourth-order valence-corrected chi connectivity index (χ4v) is 1.85. The van der Waals surface area contributed by atoms with E-state index < -0.39 is 12.3 Å². The zero-order chi connectivity index (χ0) is 14.4. The van der Waals surface area contributed by atoms with Crippen LogP contribution in [0.25, 0.3) is 0 Å². The summed E-state index contributed by atoms with van der Waals surface area (Å²) in [5, 5.41) is 10.1. The number of carbonyl (C=O) groups is 1. The summed E-state index contributed by atoms with van der Waals surface area (Å²) in [5.41, 5.74) is 1.65. The van der Waals surface area contributed by atoms with Crippen LogP contribution < -0.4 is 0 Å². The molecule has 1 unspecified atom stereocenters. The van der Waals surface area contributed by atoms with E-state index in [2.05, 4.69) is 4.74 Å². The fourth-order valence-electron chi connectivity index (χ4n) is 1.85. The molecule has 2 aromatic carbocycles. The number of benzene rings is 2. The second-order valence-electron chi connectivity index (χ2n) is 4.23. The molecule has 0 heterocycles. The Morgan fingerprint density at radius 3 is 2.45 bits per heavy atom. The molecule has 0 saturated heterocycles. The van der Waals surface area contributed by atoms with Gasteiger partial charge >= 0.3 is 5.97 Å². The molecule has 0 saturated carbocycles. The molecule has 0 aromatic heterocycles. The van der Waals surface area contributed by atoms with Crippen LogP contribution in [0.4, 0.5) is 0 Å². The third-order valence-electron chi connectivity index (χ3n) is 2.88. The van der Waals surface area contributed by atoms with Crippen LogP contribution in [0.2, 0.25) is 0 Å². The summed E-state index contributed by atoms with van der Waals surface area (Å²) in [7, 11) is 1.30. The van der Waals surface area contributed by atoms with Gasteiger partial charge in [-0.15, -0.1) is 0 Å². The lowest BCUT2D eigenvalue weighted by Gasteiger charge is -2.15. The van der Waals surface area contributed by atoms with Crippen molar-refractivity contribution in [2.24, 2.45) is 0 Å². The molecule has 0 aliphatic heterocycles. The fraction of sp³-hybridized carbons (Fsp3) is 0.188. The molecule has 4 heteroatoms. The summed E-state index contributed by atoms with van der Waals surface area (Å²) < 4.78 is 10.1. The Kier molecular flexibility index (Phi) is 4.87. The van der Waals surface area contributed by atoms with Crippen molar-refractivity contribution >= 4 is 5.97 Å². The minimum atomic E-state index is -1.18. The Morgan fingerprint density at radius 2 is 1.75 bits per heavy atom. The highest BCUT2D eigenvalue weighted by molar-refractivity contribution is 5.91. The van der Waals surface area contributed by atoms with Crippen LogP contribution in [0.5, 0.6) is 0 Å². The summed E-state index contributed by atoms with van der Waals surface area (Å²) in [6.07, 6.45) is -1.18. The van der Waals surface area contributed by atoms with E-state index in [1.165, 1.54) is 7.11 Å². The molecule has 0 amide bonds. The van der Waals surface area contributed by atoms with Crippen LogP contribution in [0, 0.1) is 0 Å². The molecule has 0 radical (unpaired) electrons. The van der Waals surface area contributed by atoms with E-state index in [-0.39, 0.29) is 6.61 Å². The van der Waals surface area contributed by atoms with Crippen LogP contribution in [0.1, 0.15) is 27.8 Å². The molecular weight excluding hydrogens is 256 g/mol. The molecule has 0 aliphatic rings. The zero-order valence-electron chi connectivity index (χ0n) is 11.2. The van der Waals surface area contributed by atoms with E-state index in [0.29, 0.717) is 11.1 Å². The molecule has 2 rings (SSSR count). The predicted molar refractivity (Wildman–Crippen MR) is 74.0 cm³/mol. The highest BCUT2D eigenvalue weighted by Crippen LogP contribution is 2.21. The average molecular weight is 272 g/mol. The van der Waals surface area contributed by atoms with E-state index >= 15 is 0 Å². The molecule has 0 spiro atoms. The number of aliphatic hydroxyl groups excluding tert-OH is 1. The van der Waals surface area contributed by atoms with Crippen molar-refractivity contribution in [3.8, 4) is 0 Å². The lowest BCUT2D eigenvalue weighted by molar-refractivity contribution is -0.112. The Morgan fingerprint density at radius 1 is 1.10 bits per heavy atom. The monoisotopic (exact) mass is 272 g/mol. The smallest absolute Gasteiger partial charge is 0.338 e. The van der Waals surface area contributed by atoms with Gasteiger partial charge in [-0.3, -0.25) is 0 Å². The third kappa shape index (κ3) is 3.44. The number of aliphatic hydroxyl groups is 1. The van der Waals surface area contributed by atoms with Gasteiger partial charge in [-0.2, -0.15) is 0 Å². The second kappa shape index (κ2) is 6.84. The first-order valence-corrected chi connectivity index (χ1v) is 6.23. The van der Waals surface area contributed by atoms with Gasteiger partial charge in [-0.05, 0) is 11.6 Å². The lowest BCUT2D eigenvalue weighted by atomic mass is 10.1. The number of esters is 1. The van der Waals surface area contributed by atoms with Crippen LogP contribution in [-0.2, 0) is 16.1 Å². The van der Waals surface area contributed by atoms with E-state index in [4.69, 9.17) is 4.74 Å². The summed E-state index contributed by atoms with van der Waals surface area (Å²) >= 11 is 0. The second-order valence-corrected chi connectivity index (χ2v) is 4.23. The van der Waals surface area contributed by atoms with E-state index in [9.17, 15) is 9.90 Å². The Bertz CT molecular complexity index is 566. The van der Waals surface area contributed by atoms with Gasteiger partial charge in [0, 0.05) is 5.56 Å². The number of rotatable bonds is 5. The topological polar surface area (TPSA) is 55.8 Å². The van der Waals surface area contributed by atoms with Crippen molar-refractivity contribution < 1.29 is 19.4 Å². The highest BCUT2D eigenvalue weighted by Gasteiger charge is 2.17. The first-order valence-electron chi connectivity index (χ1n) is 6.23. The number of carbonyl (C=O) groups excluding carboxylic acids is 1. The standard InChI is InChI=1S/C16H16O4/c1-19-15(17)13-9-5-6-10-14(13)16(18)20-11-12-7-3-2-4-8-12/h2-10,16,18H,11H2,1H3. The van der Waals surface area contributed by atoms with Gasteiger partial charge in [0.25, 0.3) is 0 Å². The van der Waals surface area contributed by atoms with Crippen molar-refractivity contribution in [3.05, 3.63) is 71.3 Å². The summed E-state index contributed by atoms with van der Waals surface area (Å²) in [6.45, 7) is 0.261. The molecule has 0 bridgehead atoms. The molecule has 1 atom stereocenters. The SMILES string of the molecule is COC(=O)c1ccccc1C(O)OCc1ccccc1. The van der Waals surface area contributed by atoms with Gasteiger partial charge in [0.05, 0.1) is 19.3 Å². The van der Waals surface area contributed by atoms with Crippen LogP contribution >= 0.6 is 0 Å². The molecule has 0 aliphatic carbocycles. The number of hydrogen-bond donors (Lipinski definition) is 1. The van der Waals surface area contributed by atoms with Gasteiger partial charge in [0.2, 0.25) is 0 Å². The normalized spacial score (nSPS) is 11.9. The maximum absolute atomic E-state index is 11.6. The van der Waals surface area contributed by atoms with Gasteiger partial charge in [0.1, 0.15) is 0 Å². The van der Waals surface area contributed by atoms with E-state index in [1.807, 2.05) is 30.3 Å². The molecule has 104 valence electrons. The van der Waals surface area contributed by atoms with Gasteiger partial charge in [-0.1, -0.05) is 48.5 Å². The van der Waals surface area contributed by atoms with Crippen LogP contribution in [0.15, 0.2) is 54.6 Å². The van der Waals surface area contributed by atoms with E-state index in [0.717, 1.165) is 5.56 Å². The number of ether oxygens (including phenoxy) is 2. The largest absolute Gasteiger partial charge is 0.465 e. The summed E-state index contributed by atoms with van der Waals surface area (Å²) in [5.74, 6) is -0.497. The van der Waals surface area contributed by atoms with Crippen molar-refractivity contribution in [2.75, 3.05) is 7.11 Å². The summed E-state index contributed by atoms with van der Waals surface area (Å²) in [4.78, 5) is 11.6. The minimum Gasteiger partial charge on any atom is -0.465 e. The average Bonchev–Trinajstić information content (AvgIpc) is 2.52. The molecule has 20 heavy (non-hydrogen) atoms. The molecule has 1 N–H and O–H groups in total. The molecule has 4 nitrogen and oxygen atoms in total. The predicted octanol–water partition coefficient (Wildman–Crippen LogP) is 2.68. The number of hydrogen-bond acceptors (Lipinski definition) is 4. The van der Waals surface area contributed by atoms with Gasteiger partial charge < -0.3 is 14.6 Å². The van der Waals surface area contributed by atoms with Gasteiger partial charge in [-0.25, -0.2) is 4.79 Å². The van der Waals surface area contributed by atoms with Crippen LogP contribution in [-0.4, -0.2) is 18.2 Å². The maximum Gasteiger partial charge on any atom is 0.338 e. The zero-order valence-corrected chi connectivity index (χ0v) is 11.2. The summed E-state index contributed by atoms with van der Waals surface area (Å²) in [6, 6.07) is 16.2. The van der Waals surface area contributed by atoms with E-state index in [1.54, 1.807) is 24.3 Å². The highest BCUT2D eigenvalue weighted by atomic mass is 16.6. The molecule has 0 fully saturated rings. The maximum atomic E-state index is 11.6. The van der Waals surface area contributed by atoms with Crippen LogP contribution in [0.3, 0.4) is 0 Å². The Balaban J connectivity index is 2.09. The van der Waals surface area contributed by atoms with Crippen molar-refractivity contribution in [1.82, 2.24) is 0 Å². The van der Waals surface area contributed by atoms with Crippen molar-refractivity contribution in [3.63, 3.8) is 0 Å². The quantitative estimate of drug-likeness (QED) is 0.671. The van der Waals surface area contributed by atoms with Crippen molar-refractivity contribution in [2.45, 2.75) is 12.9 Å². The minimum absolute atomic E-state index is 0.261. The Hall–Kier alpha value is -2.17. The number of methoxy groups -OCH3 is 1. The first kappa shape index (κ1) is 14.2. The third-order valence-corrected chi connectivity index (χ3v) is 2.88. The van der Waals surface area contributed by atoms with Crippen molar-refractivity contribution in [1.29, 1.82) is 0 Å². The molecule has 2 aromatic rings.